The van der Waals surface area contributed by atoms with Crippen LogP contribution in [-0.2, 0) is 13.0 Å². The molecule has 1 aromatic carbocycles. The van der Waals surface area contributed by atoms with Crippen LogP contribution >= 0.6 is 23.7 Å². The third-order valence-corrected chi connectivity index (χ3v) is 6.52. The van der Waals surface area contributed by atoms with Crippen LogP contribution in [0.4, 0.5) is 0 Å². The van der Waals surface area contributed by atoms with E-state index in [0.717, 1.165) is 43.4 Å². The van der Waals surface area contributed by atoms with E-state index in [1.807, 2.05) is 28.0 Å². The maximum Gasteiger partial charge on any atom is 0.341 e. The summed E-state index contributed by atoms with van der Waals surface area (Å²) in [6, 6.07) is 8.31. The first-order valence-electron chi connectivity index (χ1n) is 8.86. The number of rotatable bonds is 3. The van der Waals surface area contributed by atoms with Crippen LogP contribution in [0.25, 0.3) is 21.3 Å². The van der Waals surface area contributed by atoms with E-state index in [-0.39, 0.29) is 18.0 Å². The summed E-state index contributed by atoms with van der Waals surface area (Å²) in [5.74, 6) is -1.16. The molecule has 27 heavy (non-hydrogen) atoms. The van der Waals surface area contributed by atoms with Gasteiger partial charge in [-0.05, 0) is 48.6 Å². The van der Waals surface area contributed by atoms with Gasteiger partial charge >= 0.3 is 5.97 Å². The number of carbonyl (C=O) groups is 1. The second kappa shape index (κ2) is 6.78. The summed E-state index contributed by atoms with van der Waals surface area (Å²) in [5.41, 5.74) is 2.75. The number of nitrogens with one attached hydrogen (secondary N) is 1. The van der Waals surface area contributed by atoms with E-state index in [2.05, 4.69) is 11.4 Å². The Labute approximate surface area is 166 Å². The van der Waals surface area contributed by atoms with Gasteiger partial charge < -0.3 is 15.0 Å². The van der Waals surface area contributed by atoms with Crippen molar-refractivity contribution in [2.45, 2.75) is 31.8 Å². The first-order chi connectivity index (χ1) is 12.6. The van der Waals surface area contributed by atoms with Gasteiger partial charge in [0.1, 0.15) is 5.56 Å². The molecule has 1 aliphatic carbocycles. The van der Waals surface area contributed by atoms with Crippen molar-refractivity contribution < 1.29 is 9.90 Å². The minimum atomic E-state index is -1.16. The smallest absolute Gasteiger partial charge is 0.341 e. The zero-order chi connectivity index (χ0) is 17.8. The minimum Gasteiger partial charge on any atom is -0.477 e. The lowest BCUT2D eigenvalue weighted by Crippen LogP contribution is -2.21. The molecule has 0 saturated heterocycles. The summed E-state index contributed by atoms with van der Waals surface area (Å²) in [4.78, 5) is 26.7. The second-order valence-electron chi connectivity index (χ2n) is 7.03. The summed E-state index contributed by atoms with van der Waals surface area (Å²) >= 11 is 1.82. The van der Waals surface area contributed by atoms with E-state index in [4.69, 9.17) is 0 Å². The molecule has 3 heterocycles. The van der Waals surface area contributed by atoms with Crippen LogP contribution in [0.5, 0.6) is 0 Å². The molecule has 1 aliphatic heterocycles. The number of halogens is 1. The largest absolute Gasteiger partial charge is 0.477 e. The molecule has 0 atom stereocenters. The van der Waals surface area contributed by atoms with Crippen LogP contribution in [0.3, 0.4) is 0 Å². The standard InChI is InChI=1S/C20H18N2O3S.ClH/c23-19-14-4-1-11(18-8-12-9-21-6-5-17(12)26-18)7-16(14)22(13-2-3-13)10-15(19)20(24)25;/h1,4,7-8,10,13,21H,2-3,5-6,9H2,(H,24,25);1H. The fourth-order valence-corrected chi connectivity index (χ4v) is 4.88. The van der Waals surface area contributed by atoms with Crippen LogP contribution in [0, 0.1) is 0 Å². The Morgan fingerprint density at radius 2 is 2.07 bits per heavy atom. The SMILES string of the molecule is Cl.O=C(O)c1cn(C2CC2)c2cc(-c3cc4c(s3)CCNC4)ccc2c1=O. The summed E-state index contributed by atoms with van der Waals surface area (Å²) in [5, 5.41) is 13.2. The number of aromatic carboxylic acids is 1. The van der Waals surface area contributed by atoms with Crippen molar-refractivity contribution in [1.82, 2.24) is 9.88 Å². The molecule has 7 heteroatoms. The minimum absolute atomic E-state index is 0. The maximum absolute atomic E-state index is 12.6. The Kier molecular flexibility index (Phi) is 4.58. The highest BCUT2D eigenvalue weighted by molar-refractivity contribution is 7.15. The normalized spacial score (nSPS) is 16.0. The van der Waals surface area contributed by atoms with E-state index in [0.29, 0.717) is 11.4 Å². The Morgan fingerprint density at radius 1 is 1.26 bits per heavy atom. The Bertz CT molecular complexity index is 1090. The molecule has 0 radical (unpaired) electrons. The Balaban J connectivity index is 0.00000180. The van der Waals surface area contributed by atoms with E-state index in [9.17, 15) is 14.7 Å². The summed E-state index contributed by atoms with van der Waals surface area (Å²) in [6.07, 6.45) is 4.64. The van der Waals surface area contributed by atoms with Gasteiger partial charge in [-0.25, -0.2) is 4.79 Å². The van der Waals surface area contributed by atoms with Gasteiger partial charge in [0.25, 0.3) is 0 Å². The molecule has 5 rings (SSSR count). The molecule has 0 amide bonds. The number of aromatic nitrogens is 1. The molecule has 0 unspecified atom stereocenters. The zero-order valence-corrected chi connectivity index (χ0v) is 16.2. The number of pyridine rings is 1. The molecule has 0 spiro atoms. The lowest BCUT2D eigenvalue weighted by atomic mass is 10.1. The third-order valence-electron chi connectivity index (χ3n) is 5.23. The number of carboxylic acids is 1. The van der Waals surface area contributed by atoms with Crippen molar-refractivity contribution in [2.75, 3.05) is 6.54 Å². The number of hydrogen-bond acceptors (Lipinski definition) is 4. The summed E-state index contributed by atoms with van der Waals surface area (Å²) in [6.45, 7) is 1.93. The van der Waals surface area contributed by atoms with Crippen LogP contribution in [0.1, 0.15) is 39.7 Å². The average Bonchev–Trinajstić information content (AvgIpc) is 3.39. The first-order valence-corrected chi connectivity index (χ1v) is 9.68. The Morgan fingerprint density at radius 3 is 2.78 bits per heavy atom. The second-order valence-corrected chi connectivity index (χ2v) is 8.17. The Hall–Kier alpha value is -2.15. The van der Waals surface area contributed by atoms with E-state index < -0.39 is 11.4 Å². The van der Waals surface area contributed by atoms with Crippen molar-refractivity contribution in [2.24, 2.45) is 0 Å². The predicted octanol–water partition coefficient (Wildman–Crippen LogP) is 3.83. The topological polar surface area (TPSA) is 71.3 Å². The summed E-state index contributed by atoms with van der Waals surface area (Å²) < 4.78 is 1.98. The van der Waals surface area contributed by atoms with Crippen molar-refractivity contribution in [3.05, 3.63) is 56.7 Å². The number of fused-ring (bicyclic) bond motifs is 2. The molecule has 2 aromatic heterocycles. The number of carboxylic acid groups (broad SMARTS) is 1. The van der Waals surface area contributed by atoms with Crippen molar-refractivity contribution in [3.8, 4) is 10.4 Å². The van der Waals surface area contributed by atoms with E-state index >= 15 is 0 Å². The highest BCUT2D eigenvalue weighted by atomic mass is 35.5. The van der Waals surface area contributed by atoms with Crippen molar-refractivity contribution in [3.63, 3.8) is 0 Å². The molecule has 1 fully saturated rings. The number of thiophene rings is 1. The van der Waals surface area contributed by atoms with Crippen LogP contribution in [0.2, 0.25) is 0 Å². The molecular formula is C20H19ClN2O3S. The zero-order valence-electron chi connectivity index (χ0n) is 14.5. The number of benzene rings is 1. The van der Waals surface area contributed by atoms with Gasteiger partial charge in [0, 0.05) is 40.5 Å². The monoisotopic (exact) mass is 402 g/mol. The van der Waals surface area contributed by atoms with Gasteiger partial charge in [-0.15, -0.1) is 23.7 Å². The first kappa shape index (κ1) is 18.2. The molecule has 2 aliphatic rings. The van der Waals surface area contributed by atoms with Crippen LogP contribution in [-0.4, -0.2) is 22.2 Å². The molecule has 1 saturated carbocycles. The van der Waals surface area contributed by atoms with Gasteiger partial charge in [0.2, 0.25) is 5.43 Å². The molecule has 3 aromatic rings. The van der Waals surface area contributed by atoms with Gasteiger partial charge in [-0.3, -0.25) is 4.79 Å². The quantitative estimate of drug-likeness (QED) is 0.698. The van der Waals surface area contributed by atoms with Crippen LogP contribution < -0.4 is 10.7 Å². The van der Waals surface area contributed by atoms with Crippen LogP contribution in [0.15, 0.2) is 35.3 Å². The fourth-order valence-electron chi connectivity index (χ4n) is 3.70. The molecular weight excluding hydrogens is 384 g/mol. The number of nitrogens with zero attached hydrogens (tertiary/aromatic N) is 1. The van der Waals surface area contributed by atoms with Crippen molar-refractivity contribution >= 4 is 40.6 Å². The lowest BCUT2D eigenvalue weighted by molar-refractivity contribution is 0.0695. The van der Waals surface area contributed by atoms with Gasteiger partial charge in [-0.1, -0.05) is 6.07 Å². The lowest BCUT2D eigenvalue weighted by Gasteiger charge is -2.12. The average molecular weight is 403 g/mol. The molecule has 5 nitrogen and oxygen atoms in total. The van der Waals surface area contributed by atoms with Gasteiger partial charge in [0.05, 0.1) is 5.52 Å². The maximum atomic E-state index is 12.6. The third kappa shape index (κ3) is 3.08. The molecule has 2 N–H and O–H groups in total. The van der Waals surface area contributed by atoms with Gasteiger partial charge in [0.15, 0.2) is 0 Å². The molecule has 140 valence electrons. The van der Waals surface area contributed by atoms with E-state index in [1.165, 1.54) is 21.5 Å². The highest BCUT2D eigenvalue weighted by Gasteiger charge is 2.27. The fraction of sp³-hybridized carbons (Fsp3) is 0.300. The molecule has 0 bridgehead atoms. The van der Waals surface area contributed by atoms with Crippen molar-refractivity contribution in [1.29, 1.82) is 0 Å². The highest BCUT2D eigenvalue weighted by Crippen LogP contribution is 2.39. The van der Waals surface area contributed by atoms with E-state index in [1.54, 1.807) is 6.07 Å². The number of hydrogen-bond donors (Lipinski definition) is 2. The summed E-state index contributed by atoms with van der Waals surface area (Å²) in [7, 11) is 0. The van der Waals surface area contributed by atoms with Gasteiger partial charge in [-0.2, -0.15) is 0 Å². The predicted molar refractivity (Wildman–Crippen MR) is 109 cm³/mol.